The van der Waals surface area contributed by atoms with Crippen LogP contribution in [0.15, 0.2) is 59.0 Å². The van der Waals surface area contributed by atoms with Gasteiger partial charge >= 0.3 is 0 Å². The Kier molecular flexibility index (Phi) is 3.36. The molecular weight excluding hydrogens is 274 g/mol. The third kappa shape index (κ3) is 2.74. The molecule has 3 rings (SSSR count). The smallest absolute Gasteiger partial charge is 0.185 e. The van der Waals surface area contributed by atoms with Crippen LogP contribution < -0.4 is 0 Å². The Labute approximate surface area is 119 Å². The summed E-state index contributed by atoms with van der Waals surface area (Å²) >= 11 is 0. The highest BCUT2D eigenvalue weighted by Gasteiger charge is 2.06. The molecule has 0 saturated heterocycles. The SMILES string of the molecule is O=Cc1ccc(-c2ccc(-c3cc(F)cc(F)c3)cc2)o1. The minimum atomic E-state index is -0.615. The number of furan rings is 1. The van der Waals surface area contributed by atoms with E-state index in [0.717, 1.165) is 11.6 Å². The highest BCUT2D eigenvalue weighted by Crippen LogP contribution is 2.26. The van der Waals surface area contributed by atoms with E-state index in [0.29, 0.717) is 23.2 Å². The van der Waals surface area contributed by atoms with Crippen molar-refractivity contribution in [3.05, 3.63) is 72.0 Å². The molecule has 2 nitrogen and oxygen atoms in total. The second kappa shape index (κ2) is 5.32. The van der Waals surface area contributed by atoms with E-state index in [1.807, 2.05) is 0 Å². The van der Waals surface area contributed by atoms with Crippen LogP contribution in [0.1, 0.15) is 10.6 Å². The van der Waals surface area contributed by atoms with Crippen LogP contribution in [-0.4, -0.2) is 6.29 Å². The molecule has 0 aliphatic rings. The van der Waals surface area contributed by atoms with Gasteiger partial charge < -0.3 is 4.42 Å². The Hall–Kier alpha value is -2.75. The average molecular weight is 284 g/mol. The first-order chi connectivity index (χ1) is 10.2. The molecule has 0 aliphatic heterocycles. The number of benzene rings is 2. The standard InChI is InChI=1S/C17H10F2O2/c18-14-7-13(8-15(19)9-14)11-1-3-12(4-2-11)17-6-5-16(10-20)21-17/h1-10H. The van der Waals surface area contributed by atoms with Gasteiger partial charge in [0.25, 0.3) is 0 Å². The second-order valence-corrected chi connectivity index (χ2v) is 4.56. The van der Waals surface area contributed by atoms with Crippen molar-refractivity contribution in [1.82, 2.24) is 0 Å². The largest absolute Gasteiger partial charge is 0.453 e. The molecule has 0 N–H and O–H groups in total. The van der Waals surface area contributed by atoms with Crippen molar-refractivity contribution >= 4 is 6.29 Å². The van der Waals surface area contributed by atoms with Crippen molar-refractivity contribution in [1.29, 1.82) is 0 Å². The van der Waals surface area contributed by atoms with Gasteiger partial charge in [-0.3, -0.25) is 4.79 Å². The van der Waals surface area contributed by atoms with E-state index >= 15 is 0 Å². The Morgan fingerprint density at radius 1 is 0.762 bits per heavy atom. The van der Waals surface area contributed by atoms with Crippen LogP contribution in [0.25, 0.3) is 22.5 Å². The molecule has 21 heavy (non-hydrogen) atoms. The predicted octanol–water partition coefficient (Wildman–Crippen LogP) is 4.70. The Morgan fingerprint density at radius 3 is 1.95 bits per heavy atom. The zero-order valence-corrected chi connectivity index (χ0v) is 10.8. The van der Waals surface area contributed by atoms with Gasteiger partial charge in [0.1, 0.15) is 17.4 Å². The maximum absolute atomic E-state index is 13.2. The third-order valence-corrected chi connectivity index (χ3v) is 3.11. The lowest BCUT2D eigenvalue weighted by Crippen LogP contribution is -1.84. The quantitative estimate of drug-likeness (QED) is 0.652. The summed E-state index contributed by atoms with van der Waals surface area (Å²) in [7, 11) is 0. The molecule has 1 aromatic heterocycles. The normalized spacial score (nSPS) is 10.6. The van der Waals surface area contributed by atoms with Gasteiger partial charge in [0.15, 0.2) is 12.0 Å². The van der Waals surface area contributed by atoms with Crippen LogP contribution in [0.2, 0.25) is 0 Å². The fourth-order valence-corrected chi connectivity index (χ4v) is 2.12. The van der Waals surface area contributed by atoms with E-state index in [9.17, 15) is 13.6 Å². The molecule has 0 fully saturated rings. The van der Waals surface area contributed by atoms with E-state index in [1.54, 1.807) is 36.4 Å². The second-order valence-electron chi connectivity index (χ2n) is 4.56. The van der Waals surface area contributed by atoms with Gasteiger partial charge in [-0.05, 0) is 35.4 Å². The summed E-state index contributed by atoms with van der Waals surface area (Å²) in [5.41, 5.74) is 1.94. The lowest BCUT2D eigenvalue weighted by Gasteiger charge is -2.04. The number of carbonyl (C=O) groups is 1. The number of aldehydes is 1. The van der Waals surface area contributed by atoms with Crippen LogP contribution in [-0.2, 0) is 0 Å². The Bertz CT molecular complexity index is 769. The van der Waals surface area contributed by atoms with Crippen molar-refractivity contribution in [2.24, 2.45) is 0 Å². The molecule has 0 radical (unpaired) electrons. The summed E-state index contributed by atoms with van der Waals surface area (Å²) in [5.74, 6) is -0.415. The van der Waals surface area contributed by atoms with Gasteiger partial charge in [0.2, 0.25) is 0 Å². The molecule has 1 heterocycles. The minimum absolute atomic E-state index is 0.251. The van der Waals surface area contributed by atoms with Crippen LogP contribution in [0.5, 0.6) is 0 Å². The number of rotatable bonds is 3. The molecule has 0 saturated carbocycles. The lowest BCUT2D eigenvalue weighted by atomic mass is 10.0. The van der Waals surface area contributed by atoms with E-state index in [4.69, 9.17) is 4.42 Å². The molecule has 3 aromatic rings. The average Bonchev–Trinajstić information content (AvgIpc) is 2.95. The molecule has 0 amide bonds. The van der Waals surface area contributed by atoms with Gasteiger partial charge in [-0.2, -0.15) is 0 Å². The Morgan fingerprint density at radius 2 is 1.38 bits per heavy atom. The van der Waals surface area contributed by atoms with Crippen molar-refractivity contribution in [2.45, 2.75) is 0 Å². The van der Waals surface area contributed by atoms with Gasteiger partial charge in [-0.1, -0.05) is 24.3 Å². The zero-order valence-electron chi connectivity index (χ0n) is 10.8. The van der Waals surface area contributed by atoms with Gasteiger partial charge in [0.05, 0.1) is 0 Å². The predicted molar refractivity (Wildman–Crippen MR) is 74.9 cm³/mol. The maximum atomic E-state index is 13.2. The number of hydrogen-bond donors (Lipinski definition) is 0. The molecule has 4 heteroatoms. The van der Waals surface area contributed by atoms with E-state index in [2.05, 4.69) is 0 Å². The first kappa shape index (κ1) is 13.2. The van der Waals surface area contributed by atoms with Crippen LogP contribution in [0, 0.1) is 11.6 Å². The fraction of sp³-hybridized carbons (Fsp3) is 0. The topological polar surface area (TPSA) is 30.2 Å². The van der Waals surface area contributed by atoms with Crippen molar-refractivity contribution in [3.8, 4) is 22.5 Å². The summed E-state index contributed by atoms with van der Waals surface area (Å²) in [6, 6.07) is 13.7. The third-order valence-electron chi connectivity index (χ3n) is 3.11. The van der Waals surface area contributed by atoms with Crippen molar-refractivity contribution in [2.75, 3.05) is 0 Å². The van der Waals surface area contributed by atoms with Gasteiger partial charge in [0, 0.05) is 11.6 Å². The summed E-state index contributed by atoms with van der Waals surface area (Å²) < 4.78 is 31.7. The molecular formula is C17H10F2O2. The van der Waals surface area contributed by atoms with Crippen LogP contribution in [0.3, 0.4) is 0 Å². The molecule has 0 spiro atoms. The number of hydrogen-bond acceptors (Lipinski definition) is 2. The highest BCUT2D eigenvalue weighted by molar-refractivity contribution is 5.73. The Balaban J connectivity index is 1.95. The molecule has 0 unspecified atom stereocenters. The van der Waals surface area contributed by atoms with Crippen molar-refractivity contribution < 1.29 is 18.0 Å². The van der Waals surface area contributed by atoms with Crippen molar-refractivity contribution in [3.63, 3.8) is 0 Å². The first-order valence-corrected chi connectivity index (χ1v) is 6.27. The van der Waals surface area contributed by atoms with E-state index in [-0.39, 0.29) is 5.76 Å². The summed E-state index contributed by atoms with van der Waals surface area (Å²) in [5, 5.41) is 0. The van der Waals surface area contributed by atoms with Crippen LogP contribution >= 0.6 is 0 Å². The molecule has 0 aliphatic carbocycles. The molecule has 0 bridgehead atoms. The van der Waals surface area contributed by atoms with E-state index < -0.39 is 11.6 Å². The van der Waals surface area contributed by atoms with Gasteiger partial charge in [-0.25, -0.2) is 8.78 Å². The monoisotopic (exact) mass is 284 g/mol. The fourth-order valence-electron chi connectivity index (χ4n) is 2.12. The zero-order chi connectivity index (χ0) is 14.8. The molecule has 2 aromatic carbocycles. The summed E-state index contributed by atoms with van der Waals surface area (Å²) in [6.45, 7) is 0. The summed E-state index contributed by atoms with van der Waals surface area (Å²) in [6.07, 6.45) is 0.632. The minimum Gasteiger partial charge on any atom is -0.453 e. The number of carbonyl (C=O) groups excluding carboxylic acids is 1. The highest BCUT2D eigenvalue weighted by atomic mass is 19.1. The summed E-state index contributed by atoms with van der Waals surface area (Å²) in [4.78, 5) is 10.6. The number of halogens is 2. The van der Waals surface area contributed by atoms with Gasteiger partial charge in [-0.15, -0.1) is 0 Å². The lowest BCUT2D eigenvalue weighted by molar-refractivity contribution is 0.110. The van der Waals surface area contributed by atoms with E-state index in [1.165, 1.54) is 12.1 Å². The van der Waals surface area contributed by atoms with Crippen LogP contribution in [0.4, 0.5) is 8.78 Å². The molecule has 0 atom stereocenters. The first-order valence-electron chi connectivity index (χ1n) is 6.27. The molecule has 104 valence electrons. The maximum Gasteiger partial charge on any atom is 0.185 e.